The van der Waals surface area contributed by atoms with Crippen molar-refractivity contribution in [2.75, 3.05) is 32.2 Å². The second-order valence-corrected chi connectivity index (χ2v) is 12.7. The van der Waals surface area contributed by atoms with Crippen LogP contribution >= 0.6 is 0 Å². The van der Waals surface area contributed by atoms with Crippen molar-refractivity contribution in [3.63, 3.8) is 0 Å². The molecular formula is C15H26F3N3O4Si. The summed E-state index contributed by atoms with van der Waals surface area (Å²) in [5.41, 5.74) is -3.18. The second-order valence-electron chi connectivity index (χ2n) is 7.06. The Morgan fingerprint density at radius 3 is 2.54 bits per heavy atom. The molecule has 0 bridgehead atoms. The number of halogens is 3. The van der Waals surface area contributed by atoms with Crippen molar-refractivity contribution >= 4 is 13.8 Å². The lowest BCUT2D eigenvalue weighted by molar-refractivity contribution is -0.138. The van der Waals surface area contributed by atoms with Crippen LogP contribution in [0.4, 0.5) is 18.9 Å². The van der Waals surface area contributed by atoms with Gasteiger partial charge < -0.3 is 19.9 Å². The molecular weight excluding hydrogens is 371 g/mol. The van der Waals surface area contributed by atoms with E-state index in [1.807, 2.05) is 0 Å². The Kier molecular flexibility index (Phi) is 8.25. The van der Waals surface area contributed by atoms with Gasteiger partial charge in [0.25, 0.3) is 5.56 Å². The van der Waals surface area contributed by atoms with E-state index in [0.29, 0.717) is 11.3 Å². The zero-order valence-corrected chi connectivity index (χ0v) is 16.4. The molecule has 150 valence electrons. The highest BCUT2D eigenvalue weighted by atomic mass is 28.3. The number of nitrogens with zero attached hydrogens (tertiary/aromatic N) is 2. The van der Waals surface area contributed by atoms with Crippen LogP contribution in [0.5, 0.6) is 0 Å². The predicted octanol–water partition coefficient (Wildman–Crippen LogP) is 1.99. The van der Waals surface area contributed by atoms with E-state index < -0.39 is 43.7 Å². The van der Waals surface area contributed by atoms with Crippen molar-refractivity contribution in [1.29, 1.82) is 0 Å². The average Bonchev–Trinajstić information content (AvgIpc) is 2.50. The smallest absolute Gasteiger partial charge is 0.394 e. The van der Waals surface area contributed by atoms with Gasteiger partial charge in [0.2, 0.25) is 0 Å². The topological polar surface area (TPSA) is 85.6 Å². The summed E-state index contributed by atoms with van der Waals surface area (Å²) in [6.45, 7) is 5.92. The predicted molar refractivity (Wildman–Crippen MR) is 94.0 cm³/mol. The van der Waals surface area contributed by atoms with Crippen molar-refractivity contribution in [2.45, 2.75) is 44.6 Å². The Balaban J connectivity index is 3.02. The highest BCUT2D eigenvalue weighted by Crippen LogP contribution is 2.31. The molecule has 0 spiro atoms. The molecule has 1 heterocycles. The minimum absolute atomic E-state index is 0.0311. The monoisotopic (exact) mass is 397 g/mol. The zero-order valence-electron chi connectivity index (χ0n) is 15.4. The molecule has 7 nitrogen and oxygen atoms in total. The number of rotatable bonds is 10. The lowest BCUT2D eigenvalue weighted by Gasteiger charge is -2.20. The molecule has 0 aromatic carbocycles. The number of methoxy groups -OCH3 is 1. The van der Waals surface area contributed by atoms with E-state index in [4.69, 9.17) is 9.47 Å². The number of aliphatic hydroxyl groups is 1. The van der Waals surface area contributed by atoms with Crippen molar-refractivity contribution in [3.05, 3.63) is 22.1 Å². The molecule has 1 aromatic heterocycles. The zero-order chi connectivity index (χ0) is 20.0. The molecule has 0 unspecified atom stereocenters. The summed E-state index contributed by atoms with van der Waals surface area (Å²) in [5.74, 6) is 0. The van der Waals surface area contributed by atoms with Gasteiger partial charge in [-0.25, -0.2) is 4.68 Å². The molecule has 11 heteroatoms. The minimum Gasteiger partial charge on any atom is -0.394 e. The summed E-state index contributed by atoms with van der Waals surface area (Å²) in [6, 6.07) is 0.0223. The minimum atomic E-state index is -4.88. The van der Waals surface area contributed by atoms with Gasteiger partial charge in [0.1, 0.15) is 12.3 Å². The molecule has 0 aliphatic rings. The van der Waals surface area contributed by atoms with E-state index in [-0.39, 0.29) is 13.3 Å². The highest BCUT2D eigenvalue weighted by Gasteiger charge is 2.38. The van der Waals surface area contributed by atoms with Gasteiger partial charge in [-0.15, -0.1) is 0 Å². The van der Waals surface area contributed by atoms with Gasteiger partial charge in [-0.2, -0.15) is 18.3 Å². The van der Waals surface area contributed by atoms with Crippen LogP contribution in [-0.4, -0.2) is 55.9 Å². The van der Waals surface area contributed by atoms with Crippen LogP contribution in [0.1, 0.15) is 5.56 Å². The molecule has 0 radical (unpaired) electrons. The third kappa shape index (κ3) is 7.06. The maximum Gasteiger partial charge on any atom is 0.423 e. The summed E-state index contributed by atoms with van der Waals surface area (Å²) in [6.07, 6.45) is -3.97. The number of hydrogen-bond acceptors (Lipinski definition) is 6. The number of nitrogens with one attached hydrogen (secondary N) is 1. The van der Waals surface area contributed by atoms with Gasteiger partial charge >= 0.3 is 6.18 Å². The standard InChI is InChI=1S/C15H26F3N3O4Si/c1-24-9-11(8-22)20-12-7-19-21(10-25-5-6-26(2,3)4)14(23)13(12)15(16,17)18/h7,11,20,22H,5-6,8-10H2,1-4H3/t11-/m1/s1. The van der Waals surface area contributed by atoms with E-state index in [9.17, 15) is 23.1 Å². The quantitative estimate of drug-likeness (QED) is 0.464. The molecule has 1 aromatic rings. The largest absolute Gasteiger partial charge is 0.423 e. The fourth-order valence-corrected chi connectivity index (χ4v) is 2.81. The summed E-state index contributed by atoms with van der Waals surface area (Å²) in [4.78, 5) is 12.2. The maximum absolute atomic E-state index is 13.4. The van der Waals surface area contributed by atoms with E-state index in [1.54, 1.807) is 0 Å². The van der Waals surface area contributed by atoms with E-state index in [0.717, 1.165) is 12.2 Å². The summed E-state index contributed by atoms with van der Waals surface area (Å²) in [7, 11) is 0.00255. The van der Waals surface area contributed by atoms with Crippen LogP contribution in [0.25, 0.3) is 0 Å². The lowest BCUT2D eigenvalue weighted by atomic mass is 10.2. The Morgan fingerprint density at radius 2 is 2.04 bits per heavy atom. The third-order valence-electron chi connectivity index (χ3n) is 3.49. The Hall–Kier alpha value is -1.43. The van der Waals surface area contributed by atoms with Crippen LogP contribution < -0.4 is 10.9 Å². The van der Waals surface area contributed by atoms with Crippen molar-refractivity contribution in [1.82, 2.24) is 9.78 Å². The summed E-state index contributed by atoms with van der Waals surface area (Å²) < 4.78 is 50.9. The first-order valence-corrected chi connectivity index (χ1v) is 11.8. The van der Waals surface area contributed by atoms with E-state index in [2.05, 4.69) is 30.1 Å². The molecule has 0 aliphatic heterocycles. The van der Waals surface area contributed by atoms with Crippen LogP contribution in [0, 0.1) is 0 Å². The van der Waals surface area contributed by atoms with Crippen LogP contribution in [0.15, 0.2) is 11.0 Å². The van der Waals surface area contributed by atoms with Crippen molar-refractivity contribution < 1.29 is 27.8 Å². The molecule has 1 rings (SSSR count). The van der Waals surface area contributed by atoms with Crippen molar-refractivity contribution in [3.8, 4) is 0 Å². The van der Waals surface area contributed by atoms with E-state index >= 15 is 0 Å². The number of aliphatic hydroxyl groups excluding tert-OH is 1. The summed E-state index contributed by atoms with van der Waals surface area (Å²) in [5, 5.41) is 15.4. The highest BCUT2D eigenvalue weighted by molar-refractivity contribution is 6.76. The number of aromatic nitrogens is 2. The SMILES string of the molecule is COC[C@@H](CO)Nc1cnn(COCC[Si](C)(C)C)c(=O)c1C(F)(F)F. The van der Waals surface area contributed by atoms with E-state index in [1.165, 1.54) is 7.11 Å². The van der Waals surface area contributed by atoms with Crippen LogP contribution in [0.2, 0.25) is 25.7 Å². The normalized spacial score (nSPS) is 13.7. The first kappa shape index (κ1) is 22.6. The van der Waals surface area contributed by atoms with Gasteiger partial charge in [-0.3, -0.25) is 4.79 Å². The fourth-order valence-electron chi connectivity index (χ4n) is 2.05. The third-order valence-corrected chi connectivity index (χ3v) is 5.19. The van der Waals surface area contributed by atoms with Gasteiger partial charge in [0.15, 0.2) is 0 Å². The van der Waals surface area contributed by atoms with Crippen LogP contribution in [-0.2, 0) is 22.4 Å². The molecule has 0 fully saturated rings. The molecule has 0 saturated heterocycles. The number of alkyl halides is 3. The Morgan fingerprint density at radius 1 is 1.38 bits per heavy atom. The average molecular weight is 397 g/mol. The maximum atomic E-state index is 13.4. The molecule has 0 amide bonds. The van der Waals surface area contributed by atoms with Gasteiger partial charge in [0, 0.05) is 21.8 Å². The van der Waals surface area contributed by atoms with Crippen LogP contribution in [0.3, 0.4) is 0 Å². The van der Waals surface area contributed by atoms with Crippen molar-refractivity contribution in [2.24, 2.45) is 0 Å². The molecule has 26 heavy (non-hydrogen) atoms. The van der Waals surface area contributed by atoms with Gasteiger partial charge in [-0.05, 0) is 6.04 Å². The lowest BCUT2D eigenvalue weighted by Crippen LogP contribution is -2.36. The summed E-state index contributed by atoms with van der Waals surface area (Å²) >= 11 is 0. The number of hydrogen-bond donors (Lipinski definition) is 2. The molecule has 0 saturated carbocycles. The molecule has 2 N–H and O–H groups in total. The second kappa shape index (κ2) is 9.49. The molecule has 0 aliphatic carbocycles. The number of anilines is 1. The first-order chi connectivity index (χ1) is 12.0. The van der Waals surface area contributed by atoms with Gasteiger partial charge in [0.05, 0.1) is 31.1 Å². The molecule has 1 atom stereocenters. The Labute approximate surface area is 151 Å². The fraction of sp³-hybridized carbons (Fsp3) is 0.733. The van der Waals surface area contributed by atoms with Gasteiger partial charge in [-0.1, -0.05) is 19.6 Å². The Bertz CT molecular complexity index is 632. The number of ether oxygens (including phenoxy) is 2. The first-order valence-electron chi connectivity index (χ1n) is 8.11.